The molecule has 1 aromatic carbocycles. The van der Waals surface area contributed by atoms with Crippen LogP contribution in [-0.2, 0) is 14.3 Å². The van der Waals surface area contributed by atoms with Crippen LogP contribution in [0.25, 0.3) is 0 Å². The van der Waals surface area contributed by atoms with Crippen LogP contribution < -0.4 is 14.8 Å². The molecule has 0 aliphatic carbocycles. The second kappa shape index (κ2) is 7.13. The van der Waals surface area contributed by atoms with Gasteiger partial charge in [-0.25, -0.2) is 9.59 Å². The summed E-state index contributed by atoms with van der Waals surface area (Å²) >= 11 is 0. The van der Waals surface area contributed by atoms with Crippen molar-refractivity contribution in [1.29, 1.82) is 0 Å². The Labute approximate surface area is 115 Å². The number of amides is 1. The minimum atomic E-state index is -1.38. The molecule has 0 saturated heterocycles. The molecule has 0 fully saturated rings. The van der Waals surface area contributed by atoms with Gasteiger partial charge in [0, 0.05) is 0 Å². The van der Waals surface area contributed by atoms with E-state index in [1.54, 1.807) is 12.1 Å². The summed E-state index contributed by atoms with van der Waals surface area (Å²) in [5, 5.41) is 2.13. The van der Waals surface area contributed by atoms with Crippen molar-refractivity contribution < 1.29 is 28.6 Å². The van der Waals surface area contributed by atoms with Crippen LogP contribution in [0.4, 0.5) is 4.79 Å². The van der Waals surface area contributed by atoms with E-state index in [0.717, 1.165) is 14.0 Å². The van der Waals surface area contributed by atoms with Gasteiger partial charge in [0.05, 0.1) is 14.2 Å². The van der Waals surface area contributed by atoms with Crippen molar-refractivity contribution in [3.05, 3.63) is 24.3 Å². The van der Waals surface area contributed by atoms with Gasteiger partial charge in [-0.05, 0) is 31.2 Å². The molecule has 0 bridgehead atoms. The van der Waals surface area contributed by atoms with E-state index in [1.165, 1.54) is 19.2 Å². The third-order valence-corrected chi connectivity index (χ3v) is 2.38. The maximum Gasteiger partial charge on any atom is 0.413 e. The van der Waals surface area contributed by atoms with Crippen LogP contribution in [-0.4, -0.2) is 38.1 Å². The van der Waals surface area contributed by atoms with Gasteiger partial charge in [-0.2, -0.15) is 0 Å². The minimum absolute atomic E-state index is 0.246. The number of methoxy groups -OCH3 is 2. The Bertz CT molecular complexity index is 496. The molecule has 7 heteroatoms. The highest BCUT2D eigenvalue weighted by atomic mass is 16.6. The van der Waals surface area contributed by atoms with Crippen molar-refractivity contribution in [3.8, 4) is 11.5 Å². The fourth-order valence-corrected chi connectivity index (χ4v) is 1.34. The topological polar surface area (TPSA) is 90.9 Å². The Hall–Kier alpha value is -2.57. The van der Waals surface area contributed by atoms with E-state index < -0.39 is 23.9 Å². The number of benzene rings is 1. The number of esters is 1. The molecule has 1 atom stereocenters. The van der Waals surface area contributed by atoms with Crippen molar-refractivity contribution in [2.24, 2.45) is 0 Å². The summed E-state index contributed by atoms with van der Waals surface area (Å²) in [4.78, 5) is 34.1. The van der Waals surface area contributed by atoms with E-state index >= 15 is 0 Å². The van der Waals surface area contributed by atoms with E-state index in [2.05, 4.69) is 10.1 Å². The summed E-state index contributed by atoms with van der Waals surface area (Å²) in [6, 6.07) is 4.85. The van der Waals surface area contributed by atoms with E-state index in [-0.39, 0.29) is 5.75 Å². The van der Waals surface area contributed by atoms with Crippen molar-refractivity contribution in [2.45, 2.75) is 13.0 Å². The zero-order valence-electron chi connectivity index (χ0n) is 11.3. The number of Topliss-reactive ketones (excluding diaryl/α,β-unsaturated/α-hetero) is 1. The number of ketones is 1. The third kappa shape index (κ3) is 4.27. The highest BCUT2D eigenvalue weighted by molar-refractivity contribution is 6.04. The fraction of sp³-hybridized carbons (Fsp3) is 0.308. The highest BCUT2D eigenvalue weighted by Crippen LogP contribution is 2.17. The molecule has 1 rings (SSSR count). The molecule has 20 heavy (non-hydrogen) atoms. The molecule has 108 valence electrons. The second-order valence-corrected chi connectivity index (χ2v) is 3.78. The van der Waals surface area contributed by atoms with Gasteiger partial charge in [-0.3, -0.25) is 4.79 Å². The fourth-order valence-electron chi connectivity index (χ4n) is 1.34. The van der Waals surface area contributed by atoms with Gasteiger partial charge in [0.15, 0.2) is 11.8 Å². The minimum Gasteiger partial charge on any atom is -0.497 e. The average Bonchev–Trinajstić information content (AvgIpc) is 2.44. The van der Waals surface area contributed by atoms with Gasteiger partial charge < -0.3 is 19.5 Å². The first-order valence-corrected chi connectivity index (χ1v) is 5.68. The SMILES string of the molecule is COC(=O)C(NC(=O)Oc1ccc(OC)cc1)C(C)=O. The molecule has 0 saturated carbocycles. The molecule has 0 aliphatic rings. The summed E-state index contributed by atoms with van der Waals surface area (Å²) in [6.45, 7) is 1.16. The number of hydrogen-bond donors (Lipinski definition) is 1. The summed E-state index contributed by atoms with van der Waals surface area (Å²) in [7, 11) is 2.63. The van der Waals surface area contributed by atoms with Crippen molar-refractivity contribution in [1.82, 2.24) is 5.32 Å². The van der Waals surface area contributed by atoms with Crippen LogP contribution in [0.15, 0.2) is 24.3 Å². The van der Waals surface area contributed by atoms with Crippen LogP contribution >= 0.6 is 0 Å². The number of ether oxygens (including phenoxy) is 3. The Balaban J connectivity index is 2.65. The number of hydrogen-bond acceptors (Lipinski definition) is 6. The lowest BCUT2D eigenvalue weighted by atomic mass is 10.2. The lowest BCUT2D eigenvalue weighted by Gasteiger charge is -2.13. The zero-order valence-corrected chi connectivity index (χ0v) is 11.3. The molecule has 0 aliphatic heterocycles. The predicted octanol–water partition coefficient (Wildman–Crippen LogP) is 0.914. The first-order valence-electron chi connectivity index (χ1n) is 5.68. The van der Waals surface area contributed by atoms with Crippen molar-refractivity contribution in [3.63, 3.8) is 0 Å². The van der Waals surface area contributed by atoms with Crippen LogP contribution in [0.1, 0.15) is 6.92 Å². The quantitative estimate of drug-likeness (QED) is 0.637. The molecule has 7 nitrogen and oxygen atoms in total. The van der Waals surface area contributed by atoms with Crippen LogP contribution in [0, 0.1) is 0 Å². The zero-order chi connectivity index (χ0) is 15.1. The monoisotopic (exact) mass is 281 g/mol. The normalized spacial score (nSPS) is 11.2. The van der Waals surface area contributed by atoms with Gasteiger partial charge in [0.25, 0.3) is 0 Å². The molecule has 0 spiro atoms. The summed E-state index contributed by atoms with van der Waals surface area (Å²) in [5.41, 5.74) is 0. The van der Waals surface area contributed by atoms with E-state index in [1.807, 2.05) is 0 Å². The molecular formula is C13H15NO6. The van der Waals surface area contributed by atoms with E-state index in [4.69, 9.17) is 9.47 Å². The third-order valence-electron chi connectivity index (χ3n) is 2.38. The van der Waals surface area contributed by atoms with Gasteiger partial charge in [-0.15, -0.1) is 0 Å². The number of carbonyl (C=O) groups is 3. The molecule has 0 heterocycles. The molecule has 1 aromatic rings. The maximum absolute atomic E-state index is 11.6. The molecule has 1 amide bonds. The smallest absolute Gasteiger partial charge is 0.413 e. The van der Waals surface area contributed by atoms with Crippen LogP contribution in [0.2, 0.25) is 0 Å². The predicted molar refractivity (Wildman–Crippen MR) is 68.6 cm³/mol. The average molecular weight is 281 g/mol. The molecular weight excluding hydrogens is 266 g/mol. The summed E-state index contributed by atoms with van der Waals surface area (Å²) in [6.07, 6.45) is -0.930. The lowest BCUT2D eigenvalue weighted by Crippen LogP contribution is -2.47. The first-order chi connectivity index (χ1) is 9.47. The number of rotatable bonds is 5. The van der Waals surface area contributed by atoms with Crippen molar-refractivity contribution >= 4 is 17.8 Å². The van der Waals surface area contributed by atoms with Gasteiger partial charge >= 0.3 is 12.1 Å². The number of carbonyl (C=O) groups excluding carboxylic acids is 3. The first kappa shape index (κ1) is 15.5. The van der Waals surface area contributed by atoms with E-state index in [9.17, 15) is 14.4 Å². The Morgan fingerprint density at radius 1 is 1.05 bits per heavy atom. The lowest BCUT2D eigenvalue weighted by molar-refractivity contribution is -0.145. The summed E-state index contributed by atoms with van der Waals surface area (Å²) < 4.78 is 14.3. The standard InChI is InChI=1S/C13H15NO6/c1-8(15)11(12(16)19-3)14-13(17)20-10-6-4-9(18-2)5-7-10/h4-7,11H,1-3H3,(H,14,17). The molecule has 1 N–H and O–H groups in total. The van der Waals surface area contributed by atoms with Crippen molar-refractivity contribution in [2.75, 3.05) is 14.2 Å². The largest absolute Gasteiger partial charge is 0.497 e. The second-order valence-electron chi connectivity index (χ2n) is 3.78. The van der Waals surface area contributed by atoms with Crippen LogP contribution in [0.5, 0.6) is 11.5 Å². The van der Waals surface area contributed by atoms with Gasteiger partial charge in [-0.1, -0.05) is 0 Å². The van der Waals surface area contributed by atoms with E-state index in [0.29, 0.717) is 5.75 Å². The van der Waals surface area contributed by atoms with Gasteiger partial charge in [0.1, 0.15) is 11.5 Å². The molecule has 0 radical (unpaired) electrons. The Morgan fingerprint density at radius 3 is 2.05 bits per heavy atom. The summed E-state index contributed by atoms with van der Waals surface area (Å²) in [5.74, 6) is -0.558. The van der Waals surface area contributed by atoms with Crippen LogP contribution in [0.3, 0.4) is 0 Å². The Kier molecular flexibility index (Phi) is 5.52. The van der Waals surface area contributed by atoms with Gasteiger partial charge in [0.2, 0.25) is 0 Å². The molecule has 1 unspecified atom stereocenters. The molecule has 0 aromatic heterocycles. The Morgan fingerprint density at radius 2 is 1.60 bits per heavy atom. The maximum atomic E-state index is 11.6. The highest BCUT2D eigenvalue weighted by Gasteiger charge is 2.26. The number of nitrogens with one attached hydrogen (secondary N) is 1.